The summed E-state index contributed by atoms with van der Waals surface area (Å²) in [4.78, 5) is 38.7. The monoisotopic (exact) mass is 492 g/mol. The highest BCUT2D eigenvalue weighted by atomic mass is 19.2. The SMILES string of the molecule is CC(C)n1nc(C(=O)NNC(=O)c2nn(-c3ccc(F)c(F)c3)c3c2CCC3)c2ccccc2c1=O. The van der Waals surface area contributed by atoms with E-state index in [0.717, 1.165) is 24.2 Å². The zero-order chi connectivity index (χ0) is 25.6. The molecule has 1 aliphatic rings. The number of hydrogen-bond donors (Lipinski definition) is 2. The third-order valence-electron chi connectivity index (χ3n) is 6.12. The maximum absolute atomic E-state index is 13.8. The molecular formula is C25H22F2N6O3. The van der Waals surface area contributed by atoms with Crippen molar-refractivity contribution in [3.05, 3.63) is 87.1 Å². The van der Waals surface area contributed by atoms with Gasteiger partial charge in [-0.2, -0.15) is 10.2 Å². The maximum atomic E-state index is 13.8. The molecule has 2 aromatic carbocycles. The molecule has 0 atom stereocenters. The van der Waals surface area contributed by atoms with E-state index in [-0.39, 0.29) is 23.0 Å². The van der Waals surface area contributed by atoms with E-state index < -0.39 is 23.4 Å². The van der Waals surface area contributed by atoms with E-state index >= 15 is 0 Å². The minimum Gasteiger partial charge on any atom is -0.267 e. The van der Waals surface area contributed by atoms with Crippen molar-refractivity contribution in [2.75, 3.05) is 0 Å². The molecule has 0 radical (unpaired) electrons. The molecule has 2 heterocycles. The molecule has 5 rings (SSSR count). The Bertz CT molecular complexity index is 1590. The lowest BCUT2D eigenvalue weighted by molar-refractivity contribution is 0.0840. The first-order chi connectivity index (χ1) is 17.3. The van der Waals surface area contributed by atoms with Gasteiger partial charge in [-0.25, -0.2) is 18.1 Å². The molecule has 11 heteroatoms. The number of aromatic nitrogens is 4. The van der Waals surface area contributed by atoms with Gasteiger partial charge in [0.25, 0.3) is 17.4 Å². The van der Waals surface area contributed by atoms with Crippen LogP contribution in [0.3, 0.4) is 0 Å². The number of fused-ring (bicyclic) bond motifs is 2. The van der Waals surface area contributed by atoms with Gasteiger partial charge in [-0.3, -0.25) is 25.2 Å². The Labute approximate surface area is 203 Å². The summed E-state index contributed by atoms with van der Waals surface area (Å²) >= 11 is 0. The standard InChI is InChI=1S/C25H22F2N6O3/c1-13(2)32-25(36)16-7-4-3-6-15(16)21(30-32)23(34)28-29-24(35)22-17-8-5-9-20(17)33(31-22)14-10-11-18(26)19(27)12-14/h3-4,6-7,10-13H,5,8-9H2,1-2H3,(H,28,34)(H,29,35). The molecule has 0 unspecified atom stereocenters. The topological polar surface area (TPSA) is 111 Å². The van der Waals surface area contributed by atoms with E-state index in [1.165, 1.54) is 15.4 Å². The summed E-state index contributed by atoms with van der Waals surface area (Å²) in [6.07, 6.45) is 1.98. The van der Waals surface area contributed by atoms with Gasteiger partial charge >= 0.3 is 0 Å². The second-order valence-corrected chi connectivity index (χ2v) is 8.78. The van der Waals surface area contributed by atoms with Crippen LogP contribution in [0.1, 0.15) is 58.5 Å². The Morgan fingerprint density at radius 3 is 2.31 bits per heavy atom. The summed E-state index contributed by atoms with van der Waals surface area (Å²) in [6.45, 7) is 3.55. The Morgan fingerprint density at radius 1 is 0.917 bits per heavy atom. The van der Waals surface area contributed by atoms with E-state index in [2.05, 4.69) is 21.0 Å². The van der Waals surface area contributed by atoms with Crippen LogP contribution in [-0.2, 0) is 12.8 Å². The first-order valence-electron chi connectivity index (χ1n) is 11.4. The van der Waals surface area contributed by atoms with Crippen molar-refractivity contribution in [3.63, 3.8) is 0 Å². The summed E-state index contributed by atoms with van der Waals surface area (Å²) < 4.78 is 29.8. The average molecular weight is 492 g/mol. The molecule has 2 N–H and O–H groups in total. The Balaban J connectivity index is 1.43. The lowest BCUT2D eigenvalue weighted by Gasteiger charge is -2.13. The van der Waals surface area contributed by atoms with Crippen molar-refractivity contribution < 1.29 is 18.4 Å². The fraction of sp³-hybridized carbons (Fsp3) is 0.240. The second-order valence-electron chi connectivity index (χ2n) is 8.78. The van der Waals surface area contributed by atoms with E-state index in [0.29, 0.717) is 34.9 Å². The minimum absolute atomic E-state index is 0.0169. The quantitative estimate of drug-likeness (QED) is 0.426. The highest BCUT2D eigenvalue weighted by Crippen LogP contribution is 2.28. The van der Waals surface area contributed by atoms with Crippen LogP contribution in [0.25, 0.3) is 16.5 Å². The number of halogens is 2. The zero-order valence-electron chi connectivity index (χ0n) is 19.5. The predicted octanol–water partition coefficient (Wildman–Crippen LogP) is 3.00. The van der Waals surface area contributed by atoms with Gasteiger partial charge < -0.3 is 0 Å². The number of amides is 2. The molecule has 1 aliphatic carbocycles. The van der Waals surface area contributed by atoms with E-state index in [1.54, 1.807) is 38.1 Å². The molecule has 184 valence electrons. The van der Waals surface area contributed by atoms with Crippen LogP contribution < -0.4 is 16.4 Å². The van der Waals surface area contributed by atoms with E-state index in [1.807, 2.05) is 0 Å². The molecule has 2 amide bonds. The fourth-order valence-electron chi connectivity index (χ4n) is 4.41. The molecule has 4 aromatic rings. The smallest absolute Gasteiger partial charge is 0.267 e. The van der Waals surface area contributed by atoms with Crippen molar-refractivity contribution in [3.8, 4) is 5.69 Å². The van der Waals surface area contributed by atoms with Gasteiger partial charge in [-0.1, -0.05) is 18.2 Å². The first kappa shape index (κ1) is 23.3. The Morgan fingerprint density at radius 2 is 1.61 bits per heavy atom. The number of hydrogen-bond acceptors (Lipinski definition) is 5. The molecule has 0 aliphatic heterocycles. The molecule has 9 nitrogen and oxygen atoms in total. The van der Waals surface area contributed by atoms with Crippen LogP contribution in [0, 0.1) is 11.6 Å². The van der Waals surface area contributed by atoms with Crippen LogP contribution in [0.15, 0.2) is 47.3 Å². The molecule has 36 heavy (non-hydrogen) atoms. The van der Waals surface area contributed by atoms with Gasteiger partial charge in [0.05, 0.1) is 17.1 Å². The lowest BCUT2D eigenvalue weighted by atomic mass is 10.1. The normalized spacial score (nSPS) is 12.7. The number of hydrazine groups is 1. The van der Waals surface area contributed by atoms with E-state index in [4.69, 9.17) is 0 Å². The number of nitrogens with zero attached hydrogens (tertiary/aromatic N) is 4. The third-order valence-corrected chi connectivity index (χ3v) is 6.12. The summed E-state index contributed by atoms with van der Waals surface area (Å²) in [5.41, 5.74) is 6.17. The van der Waals surface area contributed by atoms with Gasteiger partial charge in [-0.15, -0.1) is 0 Å². The second kappa shape index (κ2) is 8.99. The number of carbonyl (C=O) groups is 2. The third kappa shape index (κ3) is 3.92. The minimum atomic E-state index is -1.02. The maximum Gasteiger partial charge on any atom is 0.290 e. The van der Waals surface area contributed by atoms with Crippen LogP contribution in [0.4, 0.5) is 8.78 Å². The molecule has 0 spiro atoms. The summed E-state index contributed by atoms with van der Waals surface area (Å²) in [7, 11) is 0. The summed E-state index contributed by atoms with van der Waals surface area (Å²) in [6, 6.07) is 9.73. The van der Waals surface area contributed by atoms with E-state index in [9.17, 15) is 23.2 Å². The van der Waals surface area contributed by atoms with Crippen LogP contribution in [0.5, 0.6) is 0 Å². The van der Waals surface area contributed by atoms with Crippen LogP contribution in [-0.4, -0.2) is 31.4 Å². The number of nitrogens with one attached hydrogen (secondary N) is 2. The highest BCUT2D eigenvalue weighted by Gasteiger charge is 2.28. The summed E-state index contributed by atoms with van der Waals surface area (Å²) in [5.74, 6) is -3.36. The molecule has 0 bridgehead atoms. The number of benzene rings is 2. The molecular weight excluding hydrogens is 470 g/mol. The molecule has 0 saturated carbocycles. The van der Waals surface area contributed by atoms with Crippen LogP contribution in [0.2, 0.25) is 0 Å². The molecule has 2 aromatic heterocycles. The van der Waals surface area contributed by atoms with Gasteiger partial charge in [0.15, 0.2) is 23.0 Å². The first-order valence-corrected chi connectivity index (χ1v) is 11.4. The van der Waals surface area contributed by atoms with Crippen molar-refractivity contribution >= 4 is 22.6 Å². The highest BCUT2D eigenvalue weighted by molar-refractivity contribution is 6.06. The Kier molecular flexibility index (Phi) is 5.83. The van der Waals surface area contributed by atoms with Gasteiger partial charge in [0.2, 0.25) is 0 Å². The van der Waals surface area contributed by atoms with Crippen molar-refractivity contribution in [2.24, 2.45) is 0 Å². The van der Waals surface area contributed by atoms with Crippen LogP contribution >= 0.6 is 0 Å². The molecule has 0 fully saturated rings. The van der Waals surface area contributed by atoms with Gasteiger partial charge in [-0.05, 0) is 51.3 Å². The average Bonchev–Trinajstić information content (AvgIpc) is 3.47. The van der Waals surface area contributed by atoms with Crippen molar-refractivity contribution in [2.45, 2.75) is 39.2 Å². The van der Waals surface area contributed by atoms with Gasteiger partial charge in [0, 0.05) is 22.7 Å². The predicted molar refractivity (Wildman–Crippen MR) is 127 cm³/mol. The Hall–Kier alpha value is -4.41. The van der Waals surface area contributed by atoms with Crippen molar-refractivity contribution in [1.82, 2.24) is 30.4 Å². The largest absolute Gasteiger partial charge is 0.290 e. The lowest BCUT2D eigenvalue weighted by Crippen LogP contribution is -2.43. The van der Waals surface area contributed by atoms with Crippen molar-refractivity contribution in [1.29, 1.82) is 0 Å². The fourth-order valence-corrected chi connectivity index (χ4v) is 4.41. The zero-order valence-corrected chi connectivity index (χ0v) is 19.5. The number of carbonyl (C=O) groups excluding carboxylic acids is 2. The summed E-state index contributed by atoms with van der Waals surface area (Å²) in [5, 5.41) is 9.24. The van der Waals surface area contributed by atoms with Gasteiger partial charge in [0.1, 0.15) is 0 Å². The molecule has 0 saturated heterocycles. The number of rotatable bonds is 4.